The van der Waals surface area contributed by atoms with E-state index in [1.54, 1.807) is 0 Å². The normalized spacial score (nSPS) is 20.9. The molecule has 0 heterocycles. The van der Waals surface area contributed by atoms with E-state index in [9.17, 15) is 27.8 Å². The zero-order valence-electron chi connectivity index (χ0n) is 11.5. The Morgan fingerprint density at radius 2 is 1.62 bits per heavy atom. The molecule has 6 heteroatoms. The maximum absolute atomic E-state index is 13.6. The third-order valence-electron chi connectivity index (χ3n) is 4.09. The SMILES string of the molecule is OC(c1ccc(C(F)(F)F)c(F)c1)C1(O)CCCCCC1. The first-order valence-electron chi connectivity index (χ1n) is 7.01. The van der Waals surface area contributed by atoms with Gasteiger partial charge in [-0.25, -0.2) is 4.39 Å². The molecule has 1 atom stereocenters. The molecule has 0 amide bonds. The highest BCUT2D eigenvalue weighted by Gasteiger charge is 2.39. The molecule has 0 radical (unpaired) electrons. The maximum atomic E-state index is 13.6. The molecule has 1 aromatic rings. The molecule has 0 aromatic heterocycles. The van der Waals surface area contributed by atoms with E-state index in [2.05, 4.69) is 0 Å². The minimum atomic E-state index is -4.77. The first-order chi connectivity index (χ1) is 9.74. The lowest BCUT2D eigenvalue weighted by Gasteiger charge is -2.32. The monoisotopic (exact) mass is 306 g/mol. The smallest absolute Gasteiger partial charge is 0.387 e. The van der Waals surface area contributed by atoms with Gasteiger partial charge in [-0.05, 0) is 30.5 Å². The quantitative estimate of drug-likeness (QED) is 0.641. The molecule has 2 N–H and O–H groups in total. The molecule has 0 bridgehead atoms. The highest BCUT2D eigenvalue weighted by atomic mass is 19.4. The number of alkyl halides is 3. The lowest BCUT2D eigenvalue weighted by atomic mass is 9.84. The van der Waals surface area contributed by atoms with Gasteiger partial charge in [-0.2, -0.15) is 13.2 Å². The number of hydrogen-bond acceptors (Lipinski definition) is 2. The fourth-order valence-electron chi connectivity index (χ4n) is 2.86. The first-order valence-corrected chi connectivity index (χ1v) is 7.01. The summed E-state index contributed by atoms with van der Waals surface area (Å²) in [5.41, 5.74) is -2.79. The fraction of sp³-hybridized carbons (Fsp3) is 0.600. The standard InChI is InChI=1S/C15H18F4O2/c16-12-9-10(5-6-11(12)15(17,18)19)13(20)14(21)7-3-1-2-4-8-14/h5-6,9,13,20-21H,1-4,7-8H2. The summed E-state index contributed by atoms with van der Waals surface area (Å²) >= 11 is 0. The average molecular weight is 306 g/mol. The van der Waals surface area contributed by atoms with Gasteiger partial charge in [-0.15, -0.1) is 0 Å². The van der Waals surface area contributed by atoms with Gasteiger partial charge in [0.25, 0.3) is 0 Å². The van der Waals surface area contributed by atoms with E-state index in [0.717, 1.165) is 31.7 Å². The molecule has 1 fully saturated rings. The van der Waals surface area contributed by atoms with Crippen LogP contribution < -0.4 is 0 Å². The Bertz CT molecular complexity index is 491. The number of aliphatic hydroxyl groups is 2. The van der Waals surface area contributed by atoms with Crippen molar-refractivity contribution in [3.63, 3.8) is 0 Å². The van der Waals surface area contributed by atoms with Crippen LogP contribution in [-0.2, 0) is 6.18 Å². The Hall–Kier alpha value is -1.14. The van der Waals surface area contributed by atoms with Crippen LogP contribution in [0.5, 0.6) is 0 Å². The second kappa shape index (κ2) is 5.93. The van der Waals surface area contributed by atoms with Crippen molar-refractivity contribution < 1.29 is 27.8 Å². The van der Waals surface area contributed by atoms with Crippen LogP contribution in [0.3, 0.4) is 0 Å². The molecule has 0 aliphatic heterocycles. The zero-order valence-corrected chi connectivity index (χ0v) is 11.5. The number of hydrogen-bond donors (Lipinski definition) is 2. The van der Waals surface area contributed by atoms with E-state index in [-0.39, 0.29) is 5.56 Å². The van der Waals surface area contributed by atoms with E-state index in [0.29, 0.717) is 25.0 Å². The molecule has 2 rings (SSSR count). The minimum Gasteiger partial charge on any atom is -0.387 e. The van der Waals surface area contributed by atoms with Crippen molar-refractivity contribution in [1.29, 1.82) is 0 Å². The van der Waals surface area contributed by atoms with Crippen molar-refractivity contribution in [3.8, 4) is 0 Å². The van der Waals surface area contributed by atoms with Gasteiger partial charge in [0.1, 0.15) is 11.9 Å². The summed E-state index contributed by atoms with van der Waals surface area (Å²) in [6.45, 7) is 0. The molecule has 118 valence electrons. The van der Waals surface area contributed by atoms with Gasteiger partial charge in [0, 0.05) is 0 Å². The molecule has 1 aliphatic rings. The van der Waals surface area contributed by atoms with Crippen LogP contribution in [-0.4, -0.2) is 15.8 Å². The topological polar surface area (TPSA) is 40.5 Å². The molecule has 1 aliphatic carbocycles. The predicted molar refractivity (Wildman–Crippen MR) is 69.0 cm³/mol. The predicted octanol–water partition coefficient (Wildman–Crippen LogP) is 3.96. The zero-order chi connectivity index (χ0) is 15.7. The second-order valence-electron chi connectivity index (χ2n) is 5.66. The summed E-state index contributed by atoms with van der Waals surface area (Å²) in [6, 6.07) is 2.30. The molecule has 2 nitrogen and oxygen atoms in total. The van der Waals surface area contributed by atoms with Gasteiger partial charge in [0.15, 0.2) is 0 Å². The van der Waals surface area contributed by atoms with Gasteiger partial charge in [0.2, 0.25) is 0 Å². The van der Waals surface area contributed by atoms with Crippen molar-refractivity contribution in [2.45, 2.75) is 56.4 Å². The lowest BCUT2D eigenvalue weighted by molar-refractivity contribution is -0.140. The molecule has 21 heavy (non-hydrogen) atoms. The van der Waals surface area contributed by atoms with Crippen LogP contribution in [0.4, 0.5) is 17.6 Å². The van der Waals surface area contributed by atoms with E-state index in [1.165, 1.54) is 0 Å². The maximum Gasteiger partial charge on any atom is 0.419 e. The minimum absolute atomic E-state index is 0.0232. The highest BCUT2D eigenvalue weighted by molar-refractivity contribution is 5.29. The molecule has 1 aromatic carbocycles. The van der Waals surface area contributed by atoms with Crippen LogP contribution in [0.15, 0.2) is 18.2 Å². The molecular formula is C15H18F4O2. The van der Waals surface area contributed by atoms with Crippen LogP contribution in [0.1, 0.15) is 55.8 Å². The summed E-state index contributed by atoms with van der Waals surface area (Å²) in [5.74, 6) is -1.43. The fourth-order valence-corrected chi connectivity index (χ4v) is 2.86. The van der Waals surface area contributed by atoms with Gasteiger partial charge in [-0.1, -0.05) is 31.7 Å². The Labute approximate surface area is 120 Å². The molecule has 0 saturated heterocycles. The van der Waals surface area contributed by atoms with E-state index < -0.39 is 29.3 Å². The largest absolute Gasteiger partial charge is 0.419 e. The summed E-state index contributed by atoms with van der Waals surface area (Å²) in [5, 5.41) is 20.7. The summed E-state index contributed by atoms with van der Waals surface area (Å²) in [6.07, 6.45) is -2.09. The van der Waals surface area contributed by atoms with Gasteiger partial charge < -0.3 is 10.2 Å². The summed E-state index contributed by atoms with van der Waals surface area (Å²) in [7, 11) is 0. The number of aliphatic hydroxyl groups excluding tert-OH is 1. The van der Waals surface area contributed by atoms with Crippen molar-refractivity contribution in [2.24, 2.45) is 0 Å². The Morgan fingerprint density at radius 1 is 1.05 bits per heavy atom. The van der Waals surface area contributed by atoms with Crippen molar-refractivity contribution in [3.05, 3.63) is 35.1 Å². The Morgan fingerprint density at radius 3 is 2.10 bits per heavy atom. The number of rotatable bonds is 2. The van der Waals surface area contributed by atoms with Crippen molar-refractivity contribution >= 4 is 0 Å². The van der Waals surface area contributed by atoms with Crippen LogP contribution in [0, 0.1) is 5.82 Å². The third kappa shape index (κ3) is 3.55. The van der Waals surface area contributed by atoms with E-state index in [4.69, 9.17) is 0 Å². The molecule has 1 saturated carbocycles. The highest BCUT2D eigenvalue weighted by Crippen LogP contribution is 2.39. The number of halogens is 4. The van der Waals surface area contributed by atoms with Crippen LogP contribution in [0.25, 0.3) is 0 Å². The molecule has 1 unspecified atom stereocenters. The van der Waals surface area contributed by atoms with Crippen molar-refractivity contribution in [1.82, 2.24) is 0 Å². The summed E-state index contributed by atoms with van der Waals surface area (Å²) in [4.78, 5) is 0. The van der Waals surface area contributed by atoms with Gasteiger partial charge >= 0.3 is 6.18 Å². The molecular weight excluding hydrogens is 288 g/mol. The van der Waals surface area contributed by atoms with Gasteiger partial charge in [-0.3, -0.25) is 0 Å². The second-order valence-corrected chi connectivity index (χ2v) is 5.66. The number of benzene rings is 1. The lowest BCUT2D eigenvalue weighted by Crippen LogP contribution is -2.35. The van der Waals surface area contributed by atoms with E-state index >= 15 is 0 Å². The average Bonchev–Trinajstić information content (AvgIpc) is 2.62. The third-order valence-corrected chi connectivity index (χ3v) is 4.09. The Kier molecular flexibility index (Phi) is 4.58. The first kappa shape index (κ1) is 16.2. The van der Waals surface area contributed by atoms with Crippen molar-refractivity contribution in [2.75, 3.05) is 0 Å². The van der Waals surface area contributed by atoms with Crippen LogP contribution >= 0.6 is 0 Å². The van der Waals surface area contributed by atoms with E-state index in [1.807, 2.05) is 0 Å². The van der Waals surface area contributed by atoms with Gasteiger partial charge in [0.05, 0.1) is 11.2 Å². The summed E-state index contributed by atoms with van der Waals surface area (Å²) < 4.78 is 51.1. The molecule has 0 spiro atoms. The van der Waals surface area contributed by atoms with Crippen LogP contribution in [0.2, 0.25) is 0 Å². The Balaban J connectivity index is 2.27.